The molecule has 12 nitrogen and oxygen atoms in total. The van der Waals surface area contributed by atoms with Gasteiger partial charge >= 0.3 is 0 Å². The number of anilines is 1. The zero-order valence-corrected chi connectivity index (χ0v) is 21.4. The van der Waals surface area contributed by atoms with Crippen LogP contribution in [-0.2, 0) is 19.5 Å². The summed E-state index contributed by atoms with van der Waals surface area (Å²) in [5.41, 5.74) is 1.41. The number of aliphatic hydroxyl groups is 4. The third-order valence-electron chi connectivity index (χ3n) is 6.61. The van der Waals surface area contributed by atoms with Crippen molar-refractivity contribution in [1.29, 1.82) is 5.26 Å². The molecule has 0 aliphatic carbocycles. The number of nitrogens with zero attached hydrogens (tertiary/aromatic N) is 2. The van der Waals surface area contributed by atoms with E-state index in [1.54, 1.807) is 18.2 Å². The van der Waals surface area contributed by atoms with Crippen LogP contribution in [0.2, 0.25) is 0 Å². The van der Waals surface area contributed by atoms with Gasteiger partial charge in [-0.3, -0.25) is 4.90 Å². The number of hydrogen-bond donors (Lipinski definition) is 6. The third kappa shape index (κ3) is 6.67. The number of ether oxygens (including phenoxy) is 2. The quantitative estimate of drug-likeness (QED) is 0.215. The number of rotatable bonds is 9. The van der Waals surface area contributed by atoms with Crippen LogP contribution in [0.4, 0.5) is 5.69 Å². The highest BCUT2D eigenvalue weighted by molar-refractivity contribution is 7.93. The van der Waals surface area contributed by atoms with Crippen LogP contribution in [0.1, 0.15) is 5.56 Å². The van der Waals surface area contributed by atoms with E-state index in [1.165, 1.54) is 6.08 Å². The molecule has 0 amide bonds. The lowest BCUT2D eigenvalue weighted by Crippen LogP contribution is -2.64. The number of aliphatic hydroxyl groups excluding tert-OH is 4. The van der Waals surface area contributed by atoms with Crippen molar-refractivity contribution in [2.45, 2.75) is 30.6 Å². The Morgan fingerprint density at radius 2 is 1.82 bits per heavy atom. The molecule has 0 bridgehead atoms. The molecule has 6 N–H and O–H groups in total. The van der Waals surface area contributed by atoms with Crippen molar-refractivity contribution in [2.24, 2.45) is 0 Å². The summed E-state index contributed by atoms with van der Waals surface area (Å²) >= 11 is 0. The second kappa shape index (κ2) is 12.5. The van der Waals surface area contributed by atoms with Gasteiger partial charge in [-0.15, -0.1) is 0 Å². The monoisotopic (exact) mass is 548 g/mol. The minimum Gasteiger partial charge on any atom is -0.394 e. The lowest BCUT2D eigenvalue weighted by molar-refractivity contribution is -0.251. The SMILES string of the molecule is N#C/C(=C\c1ccc2cc(NCCN3CCOCC3)ccc2c1)S(=O)(=O)N[C@H]1C(O)O[C@H](CO)[C@@H](O)[C@@H]1O. The van der Waals surface area contributed by atoms with E-state index in [-0.39, 0.29) is 0 Å². The van der Waals surface area contributed by atoms with Gasteiger partial charge in [0.15, 0.2) is 11.2 Å². The van der Waals surface area contributed by atoms with Gasteiger partial charge in [-0.25, -0.2) is 8.42 Å². The topological polar surface area (TPSA) is 185 Å². The van der Waals surface area contributed by atoms with Gasteiger partial charge in [-0.05, 0) is 40.6 Å². The molecule has 2 saturated heterocycles. The normalized spacial score (nSPS) is 27.2. The predicted molar refractivity (Wildman–Crippen MR) is 139 cm³/mol. The Balaban J connectivity index is 1.45. The summed E-state index contributed by atoms with van der Waals surface area (Å²) in [6.45, 7) is 4.37. The first-order valence-electron chi connectivity index (χ1n) is 12.2. The molecule has 13 heteroatoms. The molecule has 2 fully saturated rings. The number of nitrogens with one attached hydrogen (secondary N) is 2. The largest absolute Gasteiger partial charge is 0.394 e. The van der Waals surface area contributed by atoms with E-state index in [4.69, 9.17) is 9.47 Å². The molecule has 206 valence electrons. The van der Waals surface area contributed by atoms with Crippen molar-refractivity contribution in [3.05, 3.63) is 46.9 Å². The molecule has 2 heterocycles. The van der Waals surface area contributed by atoms with E-state index in [9.17, 15) is 34.1 Å². The molecule has 0 radical (unpaired) electrons. The van der Waals surface area contributed by atoms with E-state index >= 15 is 0 Å². The smallest absolute Gasteiger partial charge is 0.251 e. The second-order valence-corrected chi connectivity index (χ2v) is 10.9. The van der Waals surface area contributed by atoms with Gasteiger partial charge in [-0.2, -0.15) is 9.98 Å². The van der Waals surface area contributed by atoms with Gasteiger partial charge in [0.05, 0.1) is 19.8 Å². The Morgan fingerprint density at radius 1 is 1.11 bits per heavy atom. The number of hydrogen-bond acceptors (Lipinski definition) is 11. The van der Waals surface area contributed by atoms with Crippen molar-refractivity contribution >= 4 is 32.6 Å². The van der Waals surface area contributed by atoms with E-state index in [2.05, 4.69) is 10.2 Å². The Labute approximate surface area is 220 Å². The standard InChI is InChI=1S/C25H32N4O8S/c26-14-20(38(34,35)28-22-24(32)23(31)21(15-30)37-25(22)33)12-16-1-2-18-13-19(4-3-17(18)11-16)27-5-6-29-7-9-36-10-8-29/h1-4,11-13,21-25,27-28,30-33H,5-10,15H2/b20-12+/t21-,22-,23-,24-,25?/m1/s1. The van der Waals surface area contributed by atoms with Crippen molar-refractivity contribution in [2.75, 3.05) is 51.3 Å². The summed E-state index contributed by atoms with van der Waals surface area (Å²) in [6.07, 6.45) is -5.39. The minimum atomic E-state index is -4.51. The number of nitriles is 1. The minimum absolute atomic E-state index is 0.453. The summed E-state index contributed by atoms with van der Waals surface area (Å²) < 4.78 is 38.1. The molecule has 5 atom stereocenters. The van der Waals surface area contributed by atoms with Gasteiger partial charge in [0, 0.05) is 31.9 Å². The highest BCUT2D eigenvalue weighted by atomic mass is 32.2. The third-order valence-corrected chi connectivity index (χ3v) is 7.98. The fourth-order valence-corrected chi connectivity index (χ4v) is 5.59. The molecule has 38 heavy (non-hydrogen) atoms. The maximum atomic E-state index is 12.9. The number of morpholine rings is 1. The summed E-state index contributed by atoms with van der Waals surface area (Å²) in [4.78, 5) is 1.68. The second-order valence-electron chi connectivity index (χ2n) is 9.20. The van der Waals surface area contributed by atoms with Gasteiger partial charge in [0.1, 0.15) is 30.4 Å². The van der Waals surface area contributed by atoms with Crippen LogP contribution in [0.5, 0.6) is 0 Å². The Bertz CT molecular complexity index is 1290. The Hall–Kier alpha value is -2.64. The van der Waals surface area contributed by atoms with Gasteiger partial charge < -0.3 is 35.2 Å². The van der Waals surface area contributed by atoms with Crippen LogP contribution in [-0.4, -0.2) is 110 Å². The summed E-state index contributed by atoms with van der Waals surface area (Å²) in [5.74, 6) is 0. The van der Waals surface area contributed by atoms with Crippen LogP contribution in [0.25, 0.3) is 16.8 Å². The number of allylic oxidation sites excluding steroid dienone is 1. The molecule has 0 saturated carbocycles. The summed E-state index contributed by atoms with van der Waals surface area (Å²) in [7, 11) is -4.51. The summed E-state index contributed by atoms with van der Waals surface area (Å²) in [6, 6.07) is 11.0. The molecule has 2 aliphatic heterocycles. The zero-order valence-electron chi connectivity index (χ0n) is 20.6. The highest BCUT2D eigenvalue weighted by Crippen LogP contribution is 2.24. The van der Waals surface area contributed by atoms with Crippen LogP contribution in [0.15, 0.2) is 41.3 Å². The van der Waals surface area contributed by atoms with E-state index in [0.29, 0.717) is 5.56 Å². The Morgan fingerprint density at radius 3 is 2.53 bits per heavy atom. The van der Waals surface area contributed by atoms with Crippen LogP contribution in [0, 0.1) is 11.3 Å². The van der Waals surface area contributed by atoms with Crippen LogP contribution in [0.3, 0.4) is 0 Å². The van der Waals surface area contributed by atoms with Crippen molar-refractivity contribution in [3.63, 3.8) is 0 Å². The predicted octanol–water partition coefficient (Wildman–Crippen LogP) is -0.832. The van der Waals surface area contributed by atoms with Crippen molar-refractivity contribution in [1.82, 2.24) is 9.62 Å². The van der Waals surface area contributed by atoms with Gasteiger partial charge in [-0.1, -0.05) is 18.2 Å². The molecular formula is C25H32N4O8S. The molecule has 0 aromatic heterocycles. The number of fused-ring (bicyclic) bond motifs is 1. The fourth-order valence-electron chi connectivity index (χ4n) is 4.44. The van der Waals surface area contributed by atoms with Crippen LogP contribution < -0.4 is 10.0 Å². The van der Waals surface area contributed by atoms with Crippen LogP contribution >= 0.6 is 0 Å². The average molecular weight is 549 g/mol. The first-order valence-corrected chi connectivity index (χ1v) is 13.7. The van der Waals surface area contributed by atoms with E-state index < -0.39 is 52.2 Å². The highest BCUT2D eigenvalue weighted by Gasteiger charge is 2.45. The van der Waals surface area contributed by atoms with Crippen molar-refractivity contribution < 1.29 is 38.3 Å². The van der Waals surface area contributed by atoms with Gasteiger partial charge in [0.2, 0.25) is 0 Å². The maximum Gasteiger partial charge on any atom is 0.251 e. The fraction of sp³-hybridized carbons (Fsp3) is 0.480. The average Bonchev–Trinajstić information content (AvgIpc) is 2.92. The molecular weight excluding hydrogens is 516 g/mol. The molecule has 4 rings (SSSR count). The zero-order chi connectivity index (χ0) is 27.3. The Kier molecular flexibility index (Phi) is 9.32. The number of sulfonamides is 1. The summed E-state index contributed by atoms with van der Waals surface area (Å²) in [5, 5.41) is 54.2. The number of benzene rings is 2. The molecule has 2 aromatic carbocycles. The van der Waals surface area contributed by atoms with Crippen molar-refractivity contribution in [3.8, 4) is 6.07 Å². The van der Waals surface area contributed by atoms with E-state index in [1.807, 2.05) is 29.0 Å². The first kappa shape index (κ1) is 28.4. The maximum absolute atomic E-state index is 12.9. The lowest BCUT2D eigenvalue weighted by Gasteiger charge is -2.40. The molecule has 0 spiro atoms. The molecule has 2 aliphatic rings. The molecule has 1 unspecified atom stereocenters. The van der Waals surface area contributed by atoms with E-state index in [0.717, 1.165) is 55.9 Å². The lowest BCUT2D eigenvalue weighted by atomic mass is 9.98. The van der Waals surface area contributed by atoms with Gasteiger partial charge in [0.25, 0.3) is 10.0 Å². The first-order chi connectivity index (χ1) is 18.2. The molecule has 2 aromatic rings.